The maximum atomic E-state index is 14.5. The summed E-state index contributed by atoms with van der Waals surface area (Å²) in [7, 11) is 0. The van der Waals surface area contributed by atoms with Gasteiger partial charge in [-0.2, -0.15) is 0 Å². The predicted octanol–water partition coefficient (Wildman–Crippen LogP) is 6.34. The number of carbonyl (C=O) groups excluding carboxylic acids is 3. The van der Waals surface area contributed by atoms with Crippen molar-refractivity contribution in [3.63, 3.8) is 0 Å². The van der Waals surface area contributed by atoms with E-state index in [2.05, 4.69) is 24.5 Å². The molecule has 0 aliphatic heterocycles. The number of ether oxygens (including phenoxy) is 1. The third-order valence-corrected chi connectivity index (χ3v) is 6.63. The molecule has 0 aliphatic carbocycles. The van der Waals surface area contributed by atoms with Crippen molar-refractivity contribution in [2.75, 3.05) is 0 Å². The molecule has 0 saturated carbocycles. The Morgan fingerprint density at radius 2 is 1.49 bits per heavy atom. The van der Waals surface area contributed by atoms with Gasteiger partial charge in [0.1, 0.15) is 23.4 Å². The smallest absolute Gasteiger partial charge is 0.408 e. The summed E-state index contributed by atoms with van der Waals surface area (Å²) >= 11 is 0. The number of hydrogen-bond acceptors (Lipinski definition) is 5. The van der Waals surface area contributed by atoms with Crippen LogP contribution in [0.4, 0.5) is 4.79 Å². The number of aromatic hydroxyl groups is 1. The SMILES string of the molecule is CC(C)CCC(C)N(C(=O)C(CC(C)C)NC(=O)OC(C)(C)C)C(C(=O)NCc1ccccc1)c1ccc(O)cc1. The van der Waals surface area contributed by atoms with Crippen LogP contribution < -0.4 is 10.6 Å². The first-order chi connectivity index (χ1) is 19.2. The number of alkyl carbamates (subject to hydrolysis) is 1. The minimum Gasteiger partial charge on any atom is -0.508 e. The molecule has 0 fully saturated rings. The van der Waals surface area contributed by atoms with Gasteiger partial charge in [-0.3, -0.25) is 9.59 Å². The molecule has 0 aromatic heterocycles. The fourth-order valence-electron chi connectivity index (χ4n) is 4.61. The van der Waals surface area contributed by atoms with Gasteiger partial charge in [0.15, 0.2) is 0 Å². The summed E-state index contributed by atoms with van der Waals surface area (Å²) in [5.41, 5.74) is 0.769. The first-order valence-corrected chi connectivity index (χ1v) is 14.6. The van der Waals surface area contributed by atoms with Crippen LogP contribution in [0.1, 0.15) is 91.8 Å². The summed E-state index contributed by atoms with van der Waals surface area (Å²) in [6.45, 7) is 15.7. The highest BCUT2D eigenvalue weighted by Gasteiger charge is 2.39. The van der Waals surface area contributed by atoms with Gasteiger partial charge < -0.3 is 25.4 Å². The van der Waals surface area contributed by atoms with E-state index in [1.807, 2.05) is 51.1 Å². The number of phenolic OH excluding ortho intramolecular Hbond substituents is 1. The maximum Gasteiger partial charge on any atom is 0.408 e. The Morgan fingerprint density at radius 1 is 0.878 bits per heavy atom. The fraction of sp³-hybridized carbons (Fsp3) is 0.545. The molecule has 3 unspecified atom stereocenters. The zero-order chi connectivity index (χ0) is 30.7. The fourth-order valence-corrected chi connectivity index (χ4v) is 4.61. The van der Waals surface area contributed by atoms with Crippen LogP contribution in [0.2, 0.25) is 0 Å². The quantitative estimate of drug-likeness (QED) is 0.262. The third kappa shape index (κ3) is 11.5. The number of hydrogen-bond donors (Lipinski definition) is 3. The molecule has 3 amide bonds. The first kappa shape index (κ1) is 33.7. The van der Waals surface area contributed by atoms with E-state index in [-0.39, 0.29) is 29.5 Å². The molecule has 41 heavy (non-hydrogen) atoms. The summed E-state index contributed by atoms with van der Waals surface area (Å²) in [4.78, 5) is 42.9. The van der Waals surface area contributed by atoms with Gasteiger partial charge in [-0.15, -0.1) is 0 Å². The van der Waals surface area contributed by atoms with Crippen LogP contribution in [0.15, 0.2) is 54.6 Å². The van der Waals surface area contributed by atoms with Gasteiger partial charge in [0.05, 0.1) is 0 Å². The van der Waals surface area contributed by atoms with Gasteiger partial charge in [-0.1, -0.05) is 70.2 Å². The average Bonchev–Trinajstić information content (AvgIpc) is 2.88. The molecule has 8 nitrogen and oxygen atoms in total. The van der Waals surface area contributed by atoms with E-state index in [4.69, 9.17) is 4.74 Å². The molecule has 3 atom stereocenters. The van der Waals surface area contributed by atoms with E-state index in [1.54, 1.807) is 37.8 Å². The monoisotopic (exact) mass is 567 g/mol. The lowest BCUT2D eigenvalue weighted by atomic mass is 9.95. The van der Waals surface area contributed by atoms with Crippen molar-refractivity contribution >= 4 is 17.9 Å². The highest BCUT2D eigenvalue weighted by atomic mass is 16.6. The molecule has 2 aromatic carbocycles. The third-order valence-electron chi connectivity index (χ3n) is 6.63. The zero-order valence-electron chi connectivity index (χ0n) is 25.9. The number of carbonyl (C=O) groups is 3. The van der Waals surface area contributed by atoms with Crippen LogP contribution in [0.5, 0.6) is 5.75 Å². The van der Waals surface area contributed by atoms with E-state index in [0.717, 1.165) is 12.0 Å². The molecule has 8 heteroatoms. The van der Waals surface area contributed by atoms with Gasteiger partial charge in [0, 0.05) is 12.6 Å². The zero-order valence-corrected chi connectivity index (χ0v) is 25.9. The lowest BCUT2D eigenvalue weighted by molar-refractivity contribution is -0.145. The number of amides is 3. The Balaban J connectivity index is 2.55. The van der Waals surface area contributed by atoms with E-state index in [1.165, 1.54) is 12.1 Å². The molecule has 0 saturated heterocycles. The number of nitrogens with zero attached hydrogens (tertiary/aromatic N) is 1. The van der Waals surface area contributed by atoms with Crippen molar-refractivity contribution in [1.29, 1.82) is 0 Å². The summed E-state index contributed by atoms with van der Waals surface area (Å²) in [5, 5.41) is 15.8. The Bertz CT molecular complexity index is 1110. The predicted molar refractivity (Wildman–Crippen MR) is 162 cm³/mol. The highest BCUT2D eigenvalue weighted by molar-refractivity contribution is 5.92. The second kappa shape index (κ2) is 15.5. The van der Waals surface area contributed by atoms with Crippen molar-refractivity contribution in [3.05, 3.63) is 65.7 Å². The largest absolute Gasteiger partial charge is 0.508 e. The summed E-state index contributed by atoms with van der Waals surface area (Å²) in [6.07, 6.45) is 1.22. The van der Waals surface area contributed by atoms with E-state index in [9.17, 15) is 19.5 Å². The van der Waals surface area contributed by atoms with Gasteiger partial charge in [-0.05, 0) is 82.1 Å². The molecule has 0 aliphatic rings. The van der Waals surface area contributed by atoms with Crippen molar-refractivity contribution in [3.8, 4) is 5.75 Å². The number of phenols is 1. The number of nitrogens with one attached hydrogen (secondary N) is 2. The van der Waals surface area contributed by atoms with Gasteiger partial charge in [-0.25, -0.2) is 4.79 Å². The lowest BCUT2D eigenvalue weighted by Crippen LogP contribution is -2.55. The average molecular weight is 568 g/mol. The Morgan fingerprint density at radius 3 is 2.02 bits per heavy atom. The summed E-state index contributed by atoms with van der Waals surface area (Å²) in [5.74, 6) is -0.142. The van der Waals surface area contributed by atoms with Gasteiger partial charge in [0.2, 0.25) is 11.8 Å². The van der Waals surface area contributed by atoms with E-state index in [0.29, 0.717) is 30.9 Å². The maximum absolute atomic E-state index is 14.5. The Labute approximate surface area is 245 Å². The highest BCUT2D eigenvalue weighted by Crippen LogP contribution is 2.29. The standard InChI is InChI=1S/C33H49N3O5/c1-22(2)14-15-24(5)36(31(39)28(20-23(3)4)35-32(40)41-33(6,7)8)29(26-16-18-27(37)19-17-26)30(38)34-21-25-12-10-9-11-13-25/h9-13,16-19,22-24,28-29,37H,14-15,20-21H2,1-8H3,(H,34,38)(H,35,40). The Kier molecular flexibility index (Phi) is 12.7. The minimum atomic E-state index is -0.982. The van der Waals surface area contributed by atoms with E-state index < -0.39 is 23.8 Å². The van der Waals surface area contributed by atoms with Crippen molar-refractivity contribution in [1.82, 2.24) is 15.5 Å². The van der Waals surface area contributed by atoms with Crippen LogP contribution >= 0.6 is 0 Å². The molecule has 2 aromatic rings. The minimum absolute atomic E-state index is 0.0622. The van der Waals surface area contributed by atoms with Crippen LogP contribution in [0, 0.1) is 11.8 Å². The first-order valence-electron chi connectivity index (χ1n) is 14.6. The van der Waals surface area contributed by atoms with E-state index >= 15 is 0 Å². The van der Waals surface area contributed by atoms with Gasteiger partial charge in [0.25, 0.3) is 0 Å². The second-order valence-electron chi connectivity index (χ2n) is 12.6. The molecular weight excluding hydrogens is 518 g/mol. The van der Waals surface area contributed by atoms with Crippen molar-refractivity contribution in [2.45, 2.75) is 105 Å². The molecule has 0 spiro atoms. The Hall–Kier alpha value is -3.55. The normalized spacial score (nSPS) is 13.8. The van der Waals surface area contributed by atoms with Crippen LogP contribution in [-0.2, 0) is 20.9 Å². The molecule has 0 heterocycles. The molecular formula is C33H49N3O5. The number of benzene rings is 2. The molecule has 0 bridgehead atoms. The van der Waals surface area contributed by atoms with Crippen LogP contribution in [-0.4, -0.2) is 45.6 Å². The molecule has 2 rings (SSSR count). The topological polar surface area (TPSA) is 108 Å². The van der Waals surface area contributed by atoms with Crippen molar-refractivity contribution < 1.29 is 24.2 Å². The second-order valence-corrected chi connectivity index (χ2v) is 12.6. The molecule has 226 valence electrons. The van der Waals surface area contributed by atoms with Gasteiger partial charge >= 0.3 is 6.09 Å². The molecule has 0 radical (unpaired) electrons. The molecule has 3 N–H and O–H groups in total. The summed E-state index contributed by atoms with van der Waals surface area (Å²) in [6, 6.07) is 13.7. The number of rotatable bonds is 13. The summed E-state index contributed by atoms with van der Waals surface area (Å²) < 4.78 is 5.48. The van der Waals surface area contributed by atoms with Crippen molar-refractivity contribution in [2.24, 2.45) is 11.8 Å². The lowest BCUT2D eigenvalue weighted by Gasteiger charge is -2.39. The van der Waals surface area contributed by atoms with Crippen LogP contribution in [0.3, 0.4) is 0 Å². The van der Waals surface area contributed by atoms with Crippen LogP contribution in [0.25, 0.3) is 0 Å².